The van der Waals surface area contributed by atoms with Gasteiger partial charge in [0.15, 0.2) is 0 Å². The number of rotatable bonds is 6. The molecule has 4 rings (SSSR count). The lowest BCUT2D eigenvalue weighted by Gasteiger charge is -2.03. The number of para-hydroxylation sites is 1. The third-order valence-electron chi connectivity index (χ3n) is 4.25. The molecule has 4 aromatic rings. The summed E-state index contributed by atoms with van der Waals surface area (Å²) in [6, 6.07) is 17.1. The van der Waals surface area contributed by atoms with Crippen molar-refractivity contribution in [3.63, 3.8) is 0 Å². The van der Waals surface area contributed by atoms with Gasteiger partial charge in [-0.15, -0.1) is 0 Å². The molecule has 7 nitrogen and oxygen atoms in total. The highest BCUT2D eigenvalue weighted by molar-refractivity contribution is 6.00. The van der Waals surface area contributed by atoms with Crippen LogP contribution in [0.1, 0.15) is 23.0 Å². The van der Waals surface area contributed by atoms with Crippen molar-refractivity contribution in [1.82, 2.24) is 20.6 Å². The number of H-pyrrole nitrogens is 2. The van der Waals surface area contributed by atoms with E-state index in [1.807, 2.05) is 61.7 Å². The second kappa shape index (κ2) is 7.79. The zero-order valence-corrected chi connectivity index (χ0v) is 15.3. The van der Waals surface area contributed by atoms with Gasteiger partial charge in [-0.25, -0.2) is 5.43 Å². The molecule has 2 aromatic heterocycles. The average molecular weight is 373 g/mol. The molecule has 0 aliphatic heterocycles. The fourth-order valence-corrected chi connectivity index (χ4v) is 2.92. The summed E-state index contributed by atoms with van der Waals surface area (Å²) in [5, 5.41) is 12.0. The number of hydrogen-bond acceptors (Lipinski definition) is 4. The Morgan fingerprint density at radius 1 is 1.21 bits per heavy atom. The Hall–Kier alpha value is -3.87. The van der Waals surface area contributed by atoms with Gasteiger partial charge in [0, 0.05) is 28.2 Å². The lowest BCUT2D eigenvalue weighted by Crippen LogP contribution is -2.17. The van der Waals surface area contributed by atoms with E-state index in [-0.39, 0.29) is 5.91 Å². The topological polar surface area (TPSA) is 95.2 Å². The Bertz CT molecular complexity index is 1140. The van der Waals surface area contributed by atoms with Gasteiger partial charge in [-0.05, 0) is 31.2 Å². The number of ether oxygens (including phenoxy) is 1. The normalized spacial score (nSPS) is 11.2. The van der Waals surface area contributed by atoms with E-state index in [1.54, 1.807) is 12.3 Å². The minimum atomic E-state index is -0.365. The molecule has 0 bridgehead atoms. The maximum Gasteiger partial charge on any atom is 0.289 e. The van der Waals surface area contributed by atoms with Crippen LogP contribution in [-0.4, -0.2) is 33.9 Å². The van der Waals surface area contributed by atoms with Crippen LogP contribution in [-0.2, 0) is 0 Å². The molecule has 28 heavy (non-hydrogen) atoms. The van der Waals surface area contributed by atoms with E-state index < -0.39 is 0 Å². The van der Waals surface area contributed by atoms with Crippen LogP contribution in [0.15, 0.2) is 65.9 Å². The number of benzene rings is 2. The van der Waals surface area contributed by atoms with E-state index in [4.69, 9.17) is 4.74 Å². The Balaban J connectivity index is 1.45. The molecule has 0 saturated heterocycles. The van der Waals surface area contributed by atoms with E-state index in [0.717, 1.165) is 27.8 Å². The van der Waals surface area contributed by atoms with Crippen LogP contribution in [0.3, 0.4) is 0 Å². The summed E-state index contributed by atoms with van der Waals surface area (Å²) in [4.78, 5) is 15.5. The molecule has 0 unspecified atom stereocenters. The Labute approximate surface area is 161 Å². The van der Waals surface area contributed by atoms with Crippen molar-refractivity contribution >= 4 is 23.0 Å². The number of aromatic amines is 2. The average Bonchev–Trinajstić information content (AvgIpc) is 3.36. The highest BCUT2D eigenvalue weighted by Gasteiger charge is 2.11. The van der Waals surface area contributed by atoms with Gasteiger partial charge in [-0.1, -0.05) is 30.3 Å². The Kier molecular flexibility index (Phi) is 4.88. The van der Waals surface area contributed by atoms with E-state index in [0.29, 0.717) is 18.0 Å². The first-order valence-electron chi connectivity index (χ1n) is 8.93. The lowest BCUT2D eigenvalue weighted by atomic mass is 10.1. The third-order valence-corrected chi connectivity index (χ3v) is 4.25. The van der Waals surface area contributed by atoms with Crippen LogP contribution in [0.2, 0.25) is 0 Å². The van der Waals surface area contributed by atoms with Crippen LogP contribution in [0.4, 0.5) is 0 Å². The molecule has 2 aromatic carbocycles. The van der Waals surface area contributed by atoms with Gasteiger partial charge in [-0.2, -0.15) is 10.2 Å². The number of amides is 1. The molecule has 0 aliphatic carbocycles. The third kappa shape index (κ3) is 3.64. The van der Waals surface area contributed by atoms with Crippen molar-refractivity contribution in [3.05, 3.63) is 72.1 Å². The SMILES string of the molecule is CCOc1cccc(-c2cc(C(=O)NN=Cc3c[nH]c4ccccc34)[nH]n2)c1. The number of hydrazone groups is 1. The summed E-state index contributed by atoms with van der Waals surface area (Å²) in [5.74, 6) is 0.396. The van der Waals surface area contributed by atoms with E-state index in [1.165, 1.54) is 0 Å². The summed E-state index contributed by atoms with van der Waals surface area (Å²) in [6.45, 7) is 2.52. The van der Waals surface area contributed by atoms with Gasteiger partial charge in [0.1, 0.15) is 11.4 Å². The molecule has 1 amide bonds. The minimum absolute atomic E-state index is 0.327. The first-order chi connectivity index (χ1) is 13.7. The van der Waals surface area contributed by atoms with E-state index in [9.17, 15) is 4.79 Å². The van der Waals surface area contributed by atoms with Crippen LogP contribution in [0.25, 0.3) is 22.2 Å². The number of carbonyl (C=O) groups is 1. The first-order valence-corrected chi connectivity index (χ1v) is 8.93. The first kappa shape index (κ1) is 17.5. The minimum Gasteiger partial charge on any atom is -0.494 e. The van der Waals surface area contributed by atoms with Crippen molar-refractivity contribution in [3.8, 4) is 17.0 Å². The zero-order valence-electron chi connectivity index (χ0n) is 15.3. The molecule has 0 saturated carbocycles. The van der Waals surface area contributed by atoms with Gasteiger partial charge in [0.25, 0.3) is 5.91 Å². The molecule has 0 aliphatic rings. The van der Waals surface area contributed by atoms with Crippen molar-refractivity contribution in [2.24, 2.45) is 5.10 Å². The standard InChI is InChI=1S/C21H19N5O2/c1-2-28-16-7-5-6-14(10-16)19-11-20(25-24-19)21(27)26-23-13-15-12-22-18-9-4-3-8-17(15)18/h3-13,22H,2H2,1H3,(H,24,25)(H,26,27). The van der Waals surface area contributed by atoms with Gasteiger partial charge in [0.2, 0.25) is 0 Å². The van der Waals surface area contributed by atoms with Gasteiger partial charge in [0.05, 0.1) is 18.5 Å². The maximum atomic E-state index is 12.3. The molecule has 140 valence electrons. The summed E-state index contributed by atoms with van der Waals surface area (Å²) in [6.07, 6.45) is 3.46. The highest BCUT2D eigenvalue weighted by Crippen LogP contribution is 2.23. The smallest absolute Gasteiger partial charge is 0.289 e. The summed E-state index contributed by atoms with van der Waals surface area (Å²) in [7, 11) is 0. The van der Waals surface area contributed by atoms with Gasteiger partial charge in [-0.3, -0.25) is 9.89 Å². The summed E-state index contributed by atoms with van der Waals surface area (Å²) < 4.78 is 5.50. The quantitative estimate of drug-likeness (QED) is 0.355. The maximum absolute atomic E-state index is 12.3. The molecule has 0 spiro atoms. The second-order valence-corrected chi connectivity index (χ2v) is 6.12. The highest BCUT2D eigenvalue weighted by atomic mass is 16.5. The number of nitrogens with zero attached hydrogens (tertiary/aromatic N) is 2. The number of carbonyl (C=O) groups excluding carboxylic acids is 1. The molecular weight excluding hydrogens is 354 g/mol. The van der Waals surface area contributed by atoms with Crippen molar-refractivity contribution in [1.29, 1.82) is 0 Å². The van der Waals surface area contributed by atoms with Gasteiger partial charge < -0.3 is 9.72 Å². The molecule has 7 heteroatoms. The fraction of sp³-hybridized carbons (Fsp3) is 0.0952. The Morgan fingerprint density at radius 2 is 2.11 bits per heavy atom. The number of aromatic nitrogens is 3. The molecule has 0 fully saturated rings. The van der Waals surface area contributed by atoms with Crippen LogP contribution in [0.5, 0.6) is 5.75 Å². The Morgan fingerprint density at radius 3 is 3.00 bits per heavy atom. The van der Waals surface area contributed by atoms with E-state index >= 15 is 0 Å². The molecule has 0 radical (unpaired) electrons. The van der Waals surface area contributed by atoms with Crippen molar-refractivity contribution in [2.75, 3.05) is 6.61 Å². The molecular formula is C21H19N5O2. The predicted octanol–water partition coefficient (Wildman–Crippen LogP) is 3.72. The fourth-order valence-electron chi connectivity index (χ4n) is 2.92. The molecule has 3 N–H and O–H groups in total. The van der Waals surface area contributed by atoms with E-state index in [2.05, 4.69) is 25.7 Å². The summed E-state index contributed by atoms with van der Waals surface area (Å²) in [5.41, 5.74) is 6.28. The largest absolute Gasteiger partial charge is 0.494 e. The molecule has 2 heterocycles. The zero-order chi connectivity index (χ0) is 19.3. The van der Waals surface area contributed by atoms with Crippen LogP contribution < -0.4 is 10.2 Å². The van der Waals surface area contributed by atoms with Gasteiger partial charge >= 0.3 is 0 Å². The number of fused-ring (bicyclic) bond motifs is 1. The monoisotopic (exact) mass is 373 g/mol. The predicted molar refractivity (Wildman–Crippen MR) is 109 cm³/mol. The second-order valence-electron chi connectivity index (χ2n) is 6.12. The van der Waals surface area contributed by atoms with Crippen LogP contribution in [0, 0.1) is 0 Å². The number of nitrogens with one attached hydrogen (secondary N) is 3. The number of hydrogen-bond donors (Lipinski definition) is 3. The van der Waals surface area contributed by atoms with Crippen LogP contribution >= 0.6 is 0 Å². The van der Waals surface area contributed by atoms with Crippen molar-refractivity contribution < 1.29 is 9.53 Å². The van der Waals surface area contributed by atoms with Crippen molar-refractivity contribution in [2.45, 2.75) is 6.92 Å². The lowest BCUT2D eigenvalue weighted by molar-refractivity contribution is 0.0950. The molecule has 0 atom stereocenters. The summed E-state index contributed by atoms with van der Waals surface area (Å²) >= 11 is 0.